The average Bonchev–Trinajstić information content (AvgIpc) is 2.41. The number of rotatable bonds is 6. The maximum Gasteiger partial charge on any atom is 0.191 e. The summed E-state index contributed by atoms with van der Waals surface area (Å²) in [5.74, 6) is 1.51. The van der Waals surface area contributed by atoms with E-state index in [2.05, 4.69) is 22.2 Å². The molecule has 0 aliphatic heterocycles. The Balaban J connectivity index is 2.68. The second-order valence-corrected chi connectivity index (χ2v) is 4.22. The van der Waals surface area contributed by atoms with Crippen molar-refractivity contribution in [1.29, 1.82) is 0 Å². The highest BCUT2D eigenvalue weighted by atomic mass is 35.5. The van der Waals surface area contributed by atoms with E-state index < -0.39 is 0 Å². The fourth-order valence-electron chi connectivity index (χ4n) is 1.53. The van der Waals surface area contributed by atoms with Crippen LogP contribution in [-0.4, -0.2) is 26.2 Å². The van der Waals surface area contributed by atoms with E-state index >= 15 is 0 Å². The average molecular weight is 282 g/mol. The van der Waals surface area contributed by atoms with E-state index in [-0.39, 0.29) is 0 Å². The lowest BCUT2D eigenvalue weighted by molar-refractivity contribution is 0.336. The first-order chi connectivity index (χ1) is 9.21. The van der Waals surface area contributed by atoms with Crippen LogP contribution < -0.4 is 15.4 Å². The summed E-state index contributed by atoms with van der Waals surface area (Å²) in [6.45, 7) is 7.49. The summed E-state index contributed by atoms with van der Waals surface area (Å²) in [6.07, 6.45) is 1.78. The Kier molecular flexibility index (Phi) is 6.82. The van der Waals surface area contributed by atoms with Crippen molar-refractivity contribution in [2.45, 2.75) is 13.5 Å². The van der Waals surface area contributed by atoms with Crippen LogP contribution in [0.4, 0.5) is 0 Å². The molecule has 1 aromatic carbocycles. The molecule has 0 saturated heterocycles. The molecule has 2 N–H and O–H groups in total. The van der Waals surface area contributed by atoms with Gasteiger partial charge < -0.3 is 15.4 Å². The minimum atomic E-state index is 0.608. The lowest BCUT2D eigenvalue weighted by Crippen LogP contribution is -2.36. The van der Waals surface area contributed by atoms with Gasteiger partial charge in [0, 0.05) is 30.7 Å². The summed E-state index contributed by atoms with van der Waals surface area (Å²) in [4.78, 5) is 4.11. The molecule has 19 heavy (non-hydrogen) atoms. The Morgan fingerprint density at radius 1 is 1.47 bits per heavy atom. The van der Waals surface area contributed by atoms with Gasteiger partial charge in [0.1, 0.15) is 5.75 Å². The summed E-state index contributed by atoms with van der Waals surface area (Å²) in [5, 5.41) is 6.98. The van der Waals surface area contributed by atoms with Crippen LogP contribution in [0.2, 0.25) is 5.02 Å². The third-order valence-electron chi connectivity index (χ3n) is 2.41. The van der Waals surface area contributed by atoms with Crippen molar-refractivity contribution in [3.63, 3.8) is 0 Å². The van der Waals surface area contributed by atoms with Crippen LogP contribution in [0.5, 0.6) is 5.75 Å². The van der Waals surface area contributed by atoms with Crippen molar-refractivity contribution in [3.8, 4) is 5.75 Å². The Bertz CT molecular complexity index is 446. The van der Waals surface area contributed by atoms with Gasteiger partial charge in [-0.15, -0.1) is 6.58 Å². The first kappa shape index (κ1) is 15.4. The Morgan fingerprint density at radius 3 is 2.89 bits per heavy atom. The molecule has 0 aliphatic carbocycles. The van der Waals surface area contributed by atoms with Crippen LogP contribution >= 0.6 is 11.6 Å². The highest BCUT2D eigenvalue weighted by Crippen LogP contribution is 2.23. The molecule has 0 fully saturated rings. The van der Waals surface area contributed by atoms with Gasteiger partial charge in [0.05, 0.1) is 6.61 Å². The predicted molar refractivity (Wildman–Crippen MR) is 81.0 cm³/mol. The van der Waals surface area contributed by atoms with E-state index in [1.165, 1.54) is 0 Å². The summed E-state index contributed by atoms with van der Waals surface area (Å²) >= 11 is 5.96. The molecule has 0 aliphatic rings. The summed E-state index contributed by atoms with van der Waals surface area (Å²) in [7, 11) is 1.73. The van der Waals surface area contributed by atoms with Gasteiger partial charge in [-0.05, 0) is 19.1 Å². The standard InChI is InChI=1S/C14H20ClN3O/c1-4-8-17-14(16-3)18-10-11-6-7-12(15)9-13(11)19-5-2/h4,6-7,9H,1,5,8,10H2,2-3H3,(H2,16,17,18). The van der Waals surface area contributed by atoms with Crippen LogP contribution in [-0.2, 0) is 6.54 Å². The number of aliphatic imine (C=N–C) groups is 1. The van der Waals surface area contributed by atoms with Crippen molar-refractivity contribution in [2.24, 2.45) is 4.99 Å². The largest absolute Gasteiger partial charge is 0.493 e. The Hall–Kier alpha value is -1.68. The van der Waals surface area contributed by atoms with Crippen molar-refractivity contribution in [3.05, 3.63) is 41.4 Å². The van der Waals surface area contributed by atoms with Gasteiger partial charge in [-0.2, -0.15) is 0 Å². The predicted octanol–water partition coefficient (Wildman–Crippen LogP) is 2.59. The van der Waals surface area contributed by atoms with Crippen LogP contribution in [0.3, 0.4) is 0 Å². The van der Waals surface area contributed by atoms with Crippen molar-refractivity contribution >= 4 is 17.6 Å². The molecule has 5 heteroatoms. The lowest BCUT2D eigenvalue weighted by Gasteiger charge is -2.14. The Morgan fingerprint density at radius 2 is 2.26 bits per heavy atom. The van der Waals surface area contributed by atoms with Crippen LogP contribution in [0.15, 0.2) is 35.8 Å². The van der Waals surface area contributed by atoms with E-state index in [1.54, 1.807) is 13.1 Å². The molecule has 0 unspecified atom stereocenters. The summed E-state index contributed by atoms with van der Waals surface area (Å²) < 4.78 is 5.56. The van der Waals surface area contributed by atoms with Gasteiger partial charge in [-0.1, -0.05) is 23.7 Å². The molecule has 0 bridgehead atoms. The number of ether oxygens (including phenoxy) is 1. The highest BCUT2D eigenvalue weighted by Gasteiger charge is 2.05. The molecular weight excluding hydrogens is 262 g/mol. The molecule has 104 valence electrons. The van der Waals surface area contributed by atoms with Crippen LogP contribution in [0.25, 0.3) is 0 Å². The third-order valence-corrected chi connectivity index (χ3v) is 2.65. The highest BCUT2D eigenvalue weighted by molar-refractivity contribution is 6.30. The molecule has 0 aromatic heterocycles. The topological polar surface area (TPSA) is 45.7 Å². The van der Waals surface area contributed by atoms with Gasteiger partial charge in [-0.25, -0.2) is 0 Å². The zero-order valence-electron chi connectivity index (χ0n) is 11.4. The third kappa shape index (κ3) is 5.22. The number of halogens is 1. The van der Waals surface area contributed by atoms with E-state index in [4.69, 9.17) is 16.3 Å². The maximum absolute atomic E-state index is 5.96. The zero-order valence-corrected chi connectivity index (χ0v) is 12.1. The van der Waals surface area contributed by atoms with E-state index in [9.17, 15) is 0 Å². The number of benzene rings is 1. The second-order valence-electron chi connectivity index (χ2n) is 3.78. The summed E-state index contributed by atoms with van der Waals surface area (Å²) in [5.41, 5.74) is 1.04. The molecule has 0 heterocycles. The molecule has 0 amide bonds. The number of hydrogen-bond acceptors (Lipinski definition) is 2. The normalized spacial score (nSPS) is 11.0. The quantitative estimate of drug-likeness (QED) is 0.479. The SMILES string of the molecule is C=CCNC(=NC)NCc1ccc(Cl)cc1OCC. The first-order valence-electron chi connectivity index (χ1n) is 6.17. The molecule has 0 atom stereocenters. The molecule has 1 aromatic rings. The number of hydrogen-bond donors (Lipinski definition) is 2. The van der Waals surface area contributed by atoms with E-state index in [1.807, 2.05) is 25.1 Å². The van der Waals surface area contributed by atoms with Crippen molar-refractivity contribution in [1.82, 2.24) is 10.6 Å². The lowest BCUT2D eigenvalue weighted by atomic mass is 10.2. The Labute approximate surface area is 119 Å². The fourth-order valence-corrected chi connectivity index (χ4v) is 1.69. The van der Waals surface area contributed by atoms with Gasteiger partial charge in [0.2, 0.25) is 0 Å². The minimum absolute atomic E-state index is 0.608. The zero-order chi connectivity index (χ0) is 14.1. The van der Waals surface area contributed by atoms with Crippen molar-refractivity contribution < 1.29 is 4.74 Å². The summed E-state index contributed by atoms with van der Waals surface area (Å²) in [6, 6.07) is 5.62. The minimum Gasteiger partial charge on any atom is -0.493 e. The van der Waals surface area contributed by atoms with Crippen LogP contribution in [0, 0.1) is 0 Å². The molecule has 0 radical (unpaired) electrons. The van der Waals surface area contributed by atoms with Crippen LogP contribution in [0.1, 0.15) is 12.5 Å². The second kappa shape index (κ2) is 8.43. The monoisotopic (exact) mass is 281 g/mol. The number of nitrogens with zero attached hydrogens (tertiary/aromatic N) is 1. The first-order valence-corrected chi connectivity index (χ1v) is 6.55. The smallest absolute Gasteiger partial charge is 0.191 e. The maximum atomic E-state index is 5.96. The van der Waals surface area contributed by atoms with E-state index in [0.29, 0.717) is 24.7 Å². The van der Waals surface area contributed by atoms with Gasteiger partial charge >= 0.3 is 0 Å². The molecule has 1 rings (SSSR count). The molecule has 4 nitrogen and oxygen atoms in total. The molecule has 0 saturated carbocycles. The van der Waals surface area contributed by atoms with Gasteiger partial charge in [0.15, 0.2) is 5.96 Å². The van der Waals surface area contributed by atoms with E-state index in [0.717, 1.165) is 17.3 Å². The van der Waals surface area contributed by atoms with Gasteiger partial charge in [0.25, 0.3) is 0 Å². The van der Waals surface area contributed by atoms with Gasteiger partial charge in [-0.3, -0.25) is 4.99 Å². The fraction of sp³-hybridized carbons (Fsp3) is 0.357. The number of guanidine groups is 1. The van der Waals surface area contributed by atoms with Crippen molar-refractivity contribution in [2.75, 3.05) is 20.2 Å². The molecular formula is C14H20ClN3O. The number of nitrogens with one attached hydrogen (secondary N) is 2. The molecule has 0 spiro atoms.